The smallest absolute Gasteiger partial charge is 0.315 e. The van der Waals surface area contributed by atoms with Crippen molar-refractivity contribution in [3.63, 3.8) is 0 Å². The molecule has 1 heterocycles. The number of benzene rings is 1. The van der Waals surface area contributed by atoms with Crippen LogP contribution in [0.4, 0.5) is 4.79 Å². The SMILES string of the molecule is NC(=O)C(NC(=O)NCC1CCN(Cc2ccccc2)CC1)C(N)=O. The van der Waals surface area contributed by atoms with Gasteiger partial charge < -0.3 is 22.1 Å². The Labute approximate surface area is 146 Å². The van der Waals surface area contributed by atoms with E-state index >= 15 is 0 Å². The number of primary amides is 2. The van der Waals surface area contributed by atoms with Crippen LogP contribution in [0.25, 0.3) is 0 Å². The van der Waals surface area contributed by atoms with Crippen LogP contribution in [0.3, 0.4) is 0 Å². The second-order valence-corrected chi connectivity index (χ2v) is 6.30. The summed E-state index contributed by atoms with van der Waals surface area (Å²) in [5.41, 5.74) is 11.3. The number of nitrogens with one attached hydrogen (secondary N) is 2. The molecule has 0 aromatic heterocycles. The molecule has 25 heavy (non-hydrogen) atoms. The first-order valence-corrected chi connectivity index (χ1v) is 8.35. The van der Waals surface area contributed by atoms with Crippen molar-refractivity contribution < 1.29 is 14.4 Å². The van der Waals surface area contributed by atoms with Crippen LogP contribution >= 0.6 is 0 Å². The highest BCUT2D eigenvalue weighted by Crippen LogP contribution is 2.18. The van der Waals surface area contributed by atoms with Crippen LogP contribution in [0.1, 0.15) is 18.4 Å². The van der Waals surface area contributed by atoms with Gasteiger partial charge in [-0.2, -0.15) is 0 Å². The van der Waals surface area contributed by atoms with E-state index in [9.17, 15) is 14.4 Å². The molecule has 8 heteroatoms. The van der Waals surface area contributed by atoms with Gasteiger partial charge in [0.1, 0.15) is 0 Å². The number of nitrogens with two attached hydrogens (primary N) is 2. The molecular formula is C17H25N5O3. The Bertz CT molecular complexity index is 586. The molecular weight excluding hydrogens is 322 g/mol. The zero-order chi connectivity index (χ0) is 18.2. The number of hydrogen-bond acceptors (Lipinski definition) is 4. The molecule has 0 radical (unpaired) electrons. The van der Waals surface area contributed by atoms with Gasteiger partial charge in [-0.15, -0.1) is 0 Å². The van der Waals surface area contributed by atoms with Gasteiger partial charge in [-0.25, -0.2) is 4.79 Å². The van der Waals surface area contributed by atoms with Gasteiger partial charge in [-0.1, -0.05) is 30.3 Å². The van der Waals surface area contributed by atoms with Crippen LogP contribution in [-0.2, 0) is 16.1 Å². The van der Waals surface area contributed by atoms with Crippen LogP contribution in [-0.4, -0.2) is 48.4 Å². The summed E-state index contributed by atoms with van der Waals surface area (Å²) in [6.07, 6.45) is 1.95. The Morgan fingerprint density at radius 2 is 1.68 bits per heavy atom. The van der Waals surface area contributed by atoms with E-state index in [0.29, 0.717) is 12.5 Å². The zero-order valence-electron chi connectivity index (χ0n) is 14.1. The number of carbonyl (C=O) groups is 3. The lowest BCUT2D eigenvalue weighted by atomic mass is 9.96. The summed E-state index contributed by atoms with van der Waals surface area (Å²) in [5, 5.41) is 4.86. The summed E-state index contributed by atoms with van der Waals surface area (Å²) >= 11 is 0. The number of rotatable bonds is 7. The molecule has 8 nitrogen and oxygen atoms in total. The summed E-state index contributed by atoms with van der Waals surface area (Å²) < 4.78 is 0. The molecule has 6 N–H and O–H groups in total. The topological polar surface area (TPSA) is 131 Å². The Kier molecular flexibility index (Phi) is 6.76. The van der Waals surface area contributed by atoms with E-state index < -0.39 is 23.9 Å². The highest BCUT2D eigenvalue weighted by Gasteiger charge is 2.24. The lowest BCUT2D eigenvalue weighted by Gasteiger charge is -2.32. The fourth-order valence-corrected chi connectivity index (χ4v) is 2.89. The predicted octanol–water partition coefficient (Wildman–Crippen LogP) is -0.463. The molecule has 4 amide bonds. The first kappa shape index (κ1) is 18.7. The van der Waals surface area contributed by atoms with E-state index in [1.54, 1.807) is 0 Å². The fraction of sp³-hybridized carbons (Fsp3) is 0.471. The quantitative estimate of drug-likeness (QED) is 0.497. The molecule has 2 rings (SSSR count). The maximum atomic E-state index is 11.8. The second kappa shape index (κ2) is 9.03. The average Bonchev–Trinajstić information content (AvgIpc) is 2.59. The summed E-state index contributed by atoms with van der Waals surface area (Å²) in [6.45, 7) is 3.34. The number of urea groups is 1. The first-order valence-electron chi connectivity index (χ1n) is 8.35. The molecule has 0 saturated carbocycles. The van der Waals surface area contributed by atoms with Gasteiger partial charge in [0.2, 0.25) is 11.8 Å². The normalized spacial score (nSPS) is 15.7. The van der Waals surface area contributed by atoms with Gasteiger partial charge in [0.05, 0.1) is 0 Å². The predicted molar refractivity (Wildman–Crippen MR) is 93.2 cm³/mol. The van der Waals surface area contributed by atoms with Gasteiger partial charge >= 0.3 is 6.03 Å². The summed E-state index contributed by atoms with van der Waals surface area (Å²) in [4.78, 5) is 36.2. The van der Waals surface area contributed by atoms with Crippen LogP contribution in [0, 0.1) is 5.92 Å². The minimum Gasteiger partial charge on any atom is -0.367 e. The largest absolute Gasteiger partial charge is 0.367 e. The standard InChI is InChI=1S/C17H25N5O3/c18-15(23)14(16(19)24)21-17(25)20-10-12-6-8-22(9-7-12)11-13-4-2-1-3-5-13/h1-5,12,14H,6-11H2,(H2,18,23)(H2,19,24)(H2,20,21,25). The molecule has 1 aliphatic heterocycles. The minimum absolute atomic E-state index is 0.360. The summed E-state index contributed by atoms with van der Waals surface area (Å²) in [5.74, 6) is -1.59. The first-order chi connectivity index (χ1) is 12.0. The van der Waals surface area contributed by atoms with E-state index in [0.717, 1.165) is 32.5 Å². The molecule has 1 fully saturated rings. The summed E-state index contributed by atoms with van der Waals surface area (Å²) in [7, 11) is 0. The number of hydrogen-bond donors (Lipinski definition) is 4. The molecule has 1 aromatic rings. The van der Waals surface area contributed by atoms with Crippen molar-refractivity contribution in [2.75, 3.05) is 19.6 Å². The maximum Gasteiger partial charge on any atom is 0.315 e. The van der Waals surface area contributed by atoms with Gasteiger partial charge in [0, 0.05) is 13.1 Å². The molecule has 0 atom stereocenters. The third kappa shape index (κ3) is 6.07. The lowest BCUT2D eigenvalue weighted by Crippen LogP contribution is -2.55. The van der Waals surface area contributed by atoms with Gasteiger partial charge in [-0.3, -0.25) is 14.5 Å². The minimum atomic E-state index is -1.49. The highest BCUT2D eigenvalue weighted by atomic mass is 16.2. The number of carbonyl (C=O) groups excluding carboxylic acids is 3. The molecule has 1 saturated heterocycles. The van der Waals surface area contributed by atoms with Gasteiger partial charge in [0.25, 0.3) is 0 Å². The number of amides is 4. The maximum absolute atomic E-state index is 11.8. The van der Waals surface area contributed by atoms with Crippen LogP contribution in [0.15, 0.2) is 30.3 Å². The van der Waals surface area contributed by atoms with Crippen molar-refractivity contribution >= 4 is 17.8 Å². The lowest BCUT2D eigenvalue weighted by molar-refractivity contribution is -0.128. The Morgan fingerprint density at radius 1 is 1.08 bits per heavy atom. The van der Waals surface area contributed by atoms with Crippen molar-refractivity contribution in [3.05, 3.63) is 35.9 Å². The van der Waals surface area contributed by atoms with Crippen LogP contribution in [0.5, 0.6) is 0 Å². The van der Waals surface area contributed by atoms with E-state index in [1.807, 2.05) is 18.2 Å². The van der Waals surface area contributed by atoms with Crippen LogP contribution in [0.2, 0.25) is 0 Å². The molecule has 1 aromatic carbocycles. The van der Waals surface area contributed by atoms with E-state index in [2.05, 4.69) is 27.7 Å². The molecule has 0 unspecified atom stereocenters. The molecule has 0 aliphatic carbocycles. The Hall–Kier alpha value is -2.61. The number of piperidine rings is 1. The zero-order valence-corrected chi connectivity index (χ0v) is 14.1. The average molecular weight is 347 g/mol. The van der Waals surface area contributed by atoms with Crippen molar-refractivity contribution in [2.45, 2.75) is 25.4 Å². The van der Waals surface area contributed by atoms with E-state index in [1.165, 1.54) is 5.56 Å². The van der Waals surface area contributed by atoms with Gasteiger partial charge in [-0.05, 0) is 37.4 Å². The fourth-order valence-electron chi connectivity index (χ4n) is 2.89. The van der Waals surface area contributed by atoms with Crippen molar-refractivity contribution in [3.8, 4) is 0 Å². The van der Waals surface area contributed by atoms with Crippen molar-refractivity contribution in [2.24, 2.45) is 17.4 Å². The number of likely N-dealkylation sites (tertiary alicyclic amines) is 1. The van der Waals surface area contributed by atoms with Crippen LogP contribution < -0.4 is 22.1 Å². The van der Waals surface area contributed by atoms with Crippen molar-refractivity contribution in [1.29, 1.82) is 0 Å². The van der Waals surface area contributed by atoms with Gasteiger partial charge in [0.15, 0.2) is 6.04 Å². The molecule has 136 valence electrons. The Morgan fingerprint density at radius 3 is 2.24 bits per heavy atom. The monoisotopic (exact) mass is 347 g/mol. The molecule has 0 spiro atoms. The van der Waals surface area contributed by atoms with E-state index in [-0.39, 0.29) is 0 Å². The summed E-state index contributed by atoms with van der Waals surface area (Å²) in [6, 6.07) is 8.21. The molecule has 0 bridgehead atoms. The number of nitrogens with zero attached hydrogens (tertiary/aromatic N) is 1. The van der Waals surface area contributed by atoms with Crippen molar-refractivity contribution in [1.82, 2.24) is 15.5 Å². The second-order valence-electron chi connectivity index (χ2n) is 6.30. The Balaban J connectivity index is 1.69. The van der Waals surface area contributed by atoms with E-state index in [4.69, 9.17) is 11.5 Å². The third-order valence-corrected chi connectivity index (χ3v) is 4.35. The molecule has 1 aliphatic rings. The third-order valence-electron chi connectivity index (χ3n) is 4.35. The highest BCUT2D eigenvalue weighted by molar-refractivity contribution is 6.05.